The molecule has 0 saturated carbocycles. The smallest absolute Gasteiger partial charge is 0.266 e. The lowest BCUT2D eigenvalue weighted by molar-refractivity contribution is -0.129. The third-order valence-corrected chi connectivity index (χ3v) is 6.93. The fraction of sp³-hybridized carbons (Fsp3) is 0.333. The van der Waals surface area contributed by atoms with E-state index in [0.717, 1.165) is 30.4 Å². The number of hydrogen-bond acceptors (Lipinski definition) is 6. The number of aryl methyl sites for hydroxylation is 1. The van der Waals surface area contributed by atoms with E-state index in [9.17, 15) is 4.79 Å². The number of ether oxygens (including phenoxy) is 2. The van der Waals surface area contributed by atoms with Gasteiger partial charge in [0.05, 0.1) is 6.61 Å². The molecular weight excluding hydrogens is 502 g/mol. The molecule has 2 atom stereocenters. The highest BCUT2D eigenvalue weighted by Gasteiger charge is 2.49. The van der Waals surface area contributed by atoms with Crippen molar-refractivity contribution in [1.29, 1.82) is 0 Å². The molecule has 40 heavy (non-hydrogen) atoms. The van der Waals surface area contributed by atoms with E-state index in [4.69, 9.17) is 19.6 Å². The molecule has 1 aliphatic rings. The number of aliphatic hydroxyl groups excluding tert-OH is 1. The molecule has 0 aliphatic carbocycles. The second-order valence-electron chi connectivity index (χ2n) is 9.89. The fourth-order valence-electron chi connectivity index (χ4n) is 4.56. The first kappa shape index (κ1) is 29.1. The zero-order chi connectivity index (χ0) is 28.0. The monoisotopic (exact) mass is 541 g/mol. The number of rotatable bonds is 15. The van der Waals surface area contributed by atoms with Crippen molar-refractivity contribution in [2.24, 2.45) is 4.99 Å². The summed E-state index contributed by atoms with van der Waals surface area (Å²) < 4.78 is 11.8. The fourth-order valence-corrected chi connectivity index (χ4v) is 4.56. The Balaban J connectivity index is 1.42. The van der Waals surface area contributed by atoms with Gasteiger partial charge in [-0.25, -0.2) is 10.4 Å². The van der Waals surface area contributed by atoms with Crippen molar-refractivity contribution >= 4 is 17.9 Å². The molecule has 210 valence electrons. The van der Waals surface area contributed by atoms with Crippen LogP contribution in [0.3, 0.4) is 0 Å². The summed E-state index contributed by atoms with van der Waals surface area (Å²) in [4.78, 5) is 18.5. The summed E-state index contributed by atoms with van der Waals surface area (Å²) in [6, 6.07) is 27.8. The number of aliphatic imine (C=N–C) groups is 1. The number of amides is 1. The quantitative estimate of drug-likeness (QED) is 0.184. The molecule has 7 heteroatoms. The third kappa shape index (κ3) is 8.04. The molecule has 0 bridgehead atoms. The van der Waals surface area contributed by atoms with Crippen LogP contribution in [0.2, 0.25) is 0 Å². The minimum Gasteiger partial charge on any atom is -0.494 e. The van der Waals surface area contributed by atoms with E-state index in [1.54, 1.807) is 0 Å². The van der Waals surface area contributed by atoms with Crippen LogP contribution >= 0.6 is 0 Å². The second-order valence-corrected chi connectivity index (χ2v) is 9.89. The third-order valence-electron chi connectivity index (χ3n) is 6.93. The Morgan fingerprint density at radius 3 is 2.45 bits per heavy atom. The van der Waals surface area contributed by atoms with Gasteiger partial charge in [0.1, 0.15) is 11.9 Å². The van der Waals surface area contributed by atoms with Crippen LogP contribution in [0.25, 0.3) is 6.08 Å². The van der Waals surface area contributed by atoms with Gasteiger partial charge in [-0.05, 0) is 61.6 Å². The molecule has 1 aliphatic heterocycles. The van der Waals surface area contributed by atoms with Crippen molar-refractivity contribution in [3.05, 3.63) is 108 Å². The van der Waals surface area contributed by atoms with Gasteiger partial charge in [0, 0.05) is 31.6 Å². The number of nitrogens with zero attached hydrogens (tertiary/aromatic N) is 1. The van der Waals surface area contributed by atoms with E-state index in [2.05, 4.69) is 35.1 Å². The normalized spacial score (nSPS) is 18.4. The lowest BCUT2D eigenvalue weighted by atomic mass is 9.89. The van der Waals surface area contributed by atoms with Gasteiger partial charge in [-0.2, -0.15) is 0 Å². The highest BCUT2D eigenvalue weighted by atomic mass is 16.5. The SMILES string of the molecule is C[C@@H]1OC(c2ccc(OCCCO)cc2)=N[C@]1(C/C=C/c1ccccc1)C(=O)NNCCCCc1ccccc1. The largest absolute Gasteiger partial charge is 0.494 e. The Labute approximate surface area is 236 Å². The summed E-state index contributed by atoms with van der Waals surface area (Å²) in [6.07, 6.45) is 7.45. The zero-order valence-electron chi connectivity index (χ0n) is 23.1. The predicted molar refractivity (Wildman–Crippen MR) is 159 cm³/mol. The number of carbonyl (C=O) groups excluding carboxylic acids is 1. The second kappa shape index (κ2) is 15.0. The summed E-state index contributed by atoms with van der Waals surface area (Å²) in [6.45, 7) is 3.09. The van der Waals surface area contributed by atoms with Crippen molar-refractivity contribution in [1.82, 2.24) is 10.9 Å². The maximum atomic E-state index is 13.6. The van der Waals surface area contributed by atoms with Gasteiger partial charge in [0.25, 0.3) is 5.91 Å². The molecule has 4 rings (SSSR count). The molecule has 0 fully saturated rings. The van der Waals surface area contributed by atoms with Crippen LogP contribution in [0.5, 0.6) is 5.75 Å². The van der Waals surface area contributed by atoms with Crippen molar-refractivity contribution in [3.63, 3.8) is 0 Å². The van der Waals surface area contributed by atoms with Crippen LogP contribution < -0.4 is 15.6 Å². The molecule has 0 aromatic heterocycles. The molecule has 0 spiro atoms. The molecule has 3 aromatic carbocycles. The van der Waals surface area contributed by atoms with Crippen LogP contribution in [0, 0.1) is 0 Å². The van der Waals surface area contributed by atoms with E-state index in [-0.39, 0.29) is 12.5 Å². The van der Waals surface area contributed by atoms with E-state index in [1.807, 2.05) is 79.7 Å². The minimum absolute atomic E-state index is 0.0893. The van der Waals surface area contributed by atoms with Crippen molar-refractivity contribution in [3.8, 4) is 5.75 Å². The highest BCUT2D eigenvalue weighted by molar-refractivity contribution is 6.00. The summed E-state index contributed by atoms with van der Waals surface area (Å²) in [5, 5.41) is 8.96. The lowest BCUT2D eigenvalue weighted by Gasteiger charge is -2.27. The first-order chi connectivity index (χ1) is 19.6. The minimum atomic E-state index is -1.12. The van der Waals surface area contributed by atoms with E-state index in [0.29, 0.717) is 37.6 Å². The Morgan fingerprint density at radius 2 is 1.73 bits per heavy atom. The molecular formula is C33H39N3O4. The van der Waals surface area contributed by atoms with Gasteiger partial charge in [0.2, 0.25) is 5.90 Å². The van der Waals surface area contributed by atoms with Gasteiger partial charge in [-0.1, -0.05) is 72.8 Å². The van der Waals surface area contributed by atoms with Crippen molar-refractivity contribution < 1.29 is 19.4 Å². The van der Waals surface area contributed by atoms with Crippen molar-refractivity contribution in [2.75, 3.05) is 19.8 Å². The van der Waals surface area contributed by atoms with E-state index >= 15 is 0 Å². The van der Waals surface area contributed by atoms with Gasteiger partial charge in [0.15, 0.2) is 5.54 Å². The van der Waals surface area contributed by atoms with Crippen LogP contribution in [-0.4, -0.2) is 48.3 Å². The number of hydrogen-bond donors (Lipinski definition) is 3. The van der Waals surface area contributed by atoms with Crippen LogP contribution in [0.15, 0.2) is 96.0 Å². The first-order valence-electron chi connectivity index (χ1n) is 14.0. The topological polar surface area (TPSA) is 92.2 Å². The average Bonchev–Trinajstić information content (AvgIpc) is 3.33. The molecule has 0 saturated heterocycles. The van der Waals surface area contributed by atoms with Crippen molar-refractivity contribution in [2.45, 2.75) is 50.7 Å². The highest BCUT2D eigenvalue weighted by Crippen LogP contribution is 2.33. The maximum absolute atomic E-state index is 13.6. The Hall–Kier alpha value is -3.94. The molecule has 3 N–H and O–H groups in total. The molecule has 0 unspecified atom stereocenters. The number of benzene rings is 3. The van der Waals surface area contributed by atoms with E-state index in [1.165, 1.54) is 5.56 Å². The molecule has 1 amide bonds. The molecule has 1 heterocycles. The average molecular weight is 542 g/mol. The van der Waals surface area contributed by atoms with Crippen LogP contribution in [-0.2, 0) is 16.0 Å². The number of unbranched alkanes of at least 4 members (excludes halogenated alkanes) is 1. The number of nitrogens with one attached hydrogen (secondary N) is 2. The van der Waals surface area contributed by atoms with Gasteiger partial charge in [-0.15, -0.1) is 0 Å². The van der Waals surface area contributed by atoms with E-state index < -0.39 is 11.6 Å². The van der Waals surface area contributed by atoms with Gasteiger partial charge in [-0.3, -0.25) is 10.2 Å². The van der Waals surface area contributed by atoms with Gasteiger partial charge < -0.3 is 14.6 Å². The lowest BCUT2D eigenvalue weighted by Crippen LogP contribution is -2.54. The Bertz CT molecular complexity index is 1250. The van der Waals surface area contributed by atoms with Crippen LogP contribution in [0.1, 0.15) is 49.3 Å². The summed E-state index contributed by atoms with van der Waals surface area (Å²) in [5.41, 5.74) is 8.04. The Morgan fingerprint density at radius 1 is 1.00 bits per heavy atom. The number of carbonyl (C=O) groups is 1. The maximum Gasteiger partial charge on any atom is 0.266 e. The number of hydrazine groups is 1. The summed E-state index contributed by atoms with van der Waals surface area (Å²) in [5.74, 6) is 0.912. The molecule has 0 radical (unpaired) electrons. The molecule has 3 aromatic rings. The Kier molecular flexibility index (Phi) is 10.9. The summed E-state index contributed by atoms with van der Waals surface area (Å²) >= 11 is 0. The zero-order valence-corrected chi connectivity index (χ0v) is 23.1. The summed E-state index contributed by atoms with van der Waals surface area (Å²) in [7, 11) is 0. The predicted octanol–water partition coefficient (Wildman–Crippen LogP) is 5.10. The van der Waals surface area contributed by atoms with Gasteiger partial charge >= 0.3 is 0 Å². The van der Waals surface area contributed by atoms with Crippen LogP contribution in [0.4, 0.5) is 0 Å². The number of aliphatic hydroxyl groups is 1. The molecule has 7 nitrogen and oxygen atoms in total. The standard InChI is InChI=1S/C33H39N3O4/c1-26-33(22-10-17-28-14-6-3-7-15-28,32(38)36-34-23-9-8-16-27-12-4-2-5-13-27)35-31(40-26)29-18-20-30(21-19-29)39-25-11-24-37/h2-7,10,12-15,17-21,26,34,37H,8-9,11,16,22-25H2,1H3,(H,36,38)/b17-10+/t26-,33-/m0/s1. The first-order valence-corrected chi connectivity index (χ1v) is 14.0.